The van der Waals surface area contributed by atoms with Crippen molar-refractivity contribution in [3.05, 3.63) is 32.8 Å². The molecule has 3 aromatic rings. The Morgan fingerprint density at radius 2 is 2.07 bits per heavy atom. The number of hydrogen-bond donors (Lipinski definition) is 1. The third-order valence-electron chi connectivity index (χ3n) is 4.14. The third-order valence-corrected chi connectivity index (χ3v) is 7.15. The van der Waals surface area contributed by atoms with Crippen molar-refractivity contribution in [3.63, 3.8) is 0 Å². The number of aryl methyl sites for hydroxylation is 2. The molecule has 29 heavy (non-hydrogen) atoms. The molecule has 1 N–H and O–H groups in total. The number of carbonyl (C=O) groups is 2. The average Bonchev–Trinajstić information content (AvgIpc) is 3.43. The van der Waals surface area contributed by atoms with Crippen LogP contribution >= 0.6 is 34.4 Å². The van der Waals surface area contributed by atoms with E-state index in [9.17, 15) is 9.59 Å². The number of ether oxygens (including phenoxy) is 1. The van der Waals surface area contributed by atoms with Crippen LogP contribution in [0.4, 0.5) is 5.00 Å². The summed E-state index contributed by atoms with van der Waals surface area (Å²) in [6.45, 7) is 6.74. The Hall–Kier alpha value is -2.17. The van der Waals surface area contributed by atoms with Crippen molar-refractivity contribution >= 4 is 51.3 Å². The second-order valence-corrected chi connectivity index (χ2v) is 9.33. The second-order valence-electron chi connectivity index (χ2n) is 6.13. The van der Waals surface area contributed by atoms with E-state index in [4.69, 9.17) is 4.74 Å². The predicted octanol–water partition coefficient (Wildman–Crippen LogP) is 4.48. The molecule has 3 aromatic heterocycles. The maximum absolute atomic E-state index is 12.4. The van der Waals surface area contributed by atoms with E-state index in [1.54, 1.807) is 17.4 Å². The van der Waals surface area contributed by atoms with Crippen LogP contribution in [0, 0.1) is 6.92 Å². The van der Waals surface area contributed by atoms with E-state index >= 15 is 0 Å². The lowest BCUT2D eigenvalue weighted by Crippen LogP contribution is -2.16. The zero-order valence-corrected chi connectivity index (χ0v) is 19.1. The van der Waals surface area contributed by atoms with Crippen molar-refractivity contribution < 1.29 is 14.3 Å². The molecule has 0 bridgehead atoms. The molecule has 154 valence electrons. The first kappa shape index (κ1) is 21.5. The highest BCUT2D eigenvalue weighted by Gasteiger charge is 2.19. The molecule has 3 heterocycles. The van der Waals surface area contributed by atoms with Crippen LogP contribution in [0.25, 0.3) is 11.4 Å². The lowest BCUT2D eigenvalue weighted by Gasteiger charge is -2.07. The molecule has 0 spiro atoms. The molecule has 0 fully saturated rings. The van der Waals surface area contributed by atoms with E-state index in [2.05, 4.69) is 33.9 Å². The highest BCUT2D eigenvalue weighted by Crippen LogP contribution is 2.30. The number of thiophene rings is 2. The number of rotatable bonds is 8. The summed E-state index contributed by atoms with van der Waals surface area (Å²) >= 11 is 4.38. The fraction of sp³-hybridized carbons (Fsp3) is 0.368. The van der Waals surface area contributed by atoms with Crippen molar-refractivity contribution in [3.8, 4) is 11.4 Å². The summed E-state index contributed by atoms with van der Waals surface area (Å²) < 4.78 is 6.78. The molecule has 0 aliphatic rings. The average molecular weight is 451 g/mol. The number of aromatic nitrogens is 3. The molecule has 0 saturated heterocycles. The zero-order valence-electron chi connectivity index (χ0n) is 16.6. The number of nitrogens with one attached hydrogen (secondary N) is 1. The van der Waals surface area contributed by atoms with E-state index in [-0.39, 0.29) is 11.7 Å². The number of amides is 1. The highest BCUT2D eigenvalue weighted by molar-refractivity contribution is 7.99. The third kappa shape index (κ3) is 4.88. The van der Waals surface area contributed by atoms with Crippen LogP contribution in [0.3, 0.4) is 0 Å². The van der Waals surface area contributed by atoms with Gasteiger partial charge in [-0.25, -0.2) is 4.79 Å². The summed E-state index contributed by atoms with van der Waals surface area (Å²) in [4.78, 5) is 26.5. The lowest BCUT2D eigenvalue weighted by atomic mass is 10.2. The van der Waals surface area contributed by atoms with Crippen LogP contribution in [0.15, 0.2) is 22.7 Å². The summed E-state index contributed by atoms with van der Waals surface area (Å²) in [5, 5.41) is 14.7. The Labute approximate surface area is 181 Å². The maximum atomic E-state index is 12.4. The number of esters is 1. The van der Waals surface area contributed by atoms with Gasteiger partial charge in [0.25, 0.3) is 0 Å². The van der Waals surface area contributed by atoms with Crippen LogP contribution in [0.1, 0.15) is 34.0 Å². The number of thioether (sulfide) groups is 1. The molecule has 0 radical (unpaired) electrons. The van der Waals surface area contributed by atoms with Gasteiger partial charge >= 0.3 is 5.97 Å². The molecule has 0 atom stereocenters. The second kappa shape index (κ2) is 9.55. The Bertz CT molecular complexity index is 1020. The Balaban J connectivity index is 1.69. The molecule has 0 aromatic carbocycles. The molecular formula is C19H22N4O3S3. The van der Waals surface area contributed by atoms with Gasteiger partial charge in [0, 0.05) is 27.2 Å². The fourth-order valence-corrected chi connectivity index (χ4v) is 5.27. The van der Waals surface area contributed by atoms with Crippen LogP contribution in [-0.2, 0) is 22.5 Å². The standard InChI is InChI=1S/C19H22N4O3S3/c1-5-13-8-12(9-27-13)16-21-22-19(23(16)6-2)28-10-15(24)20-17-14(18(25)26-4)7-11(3)29-17/h7-9H,5-6,10H2,1-4H3,(H,20,24). The largest absolute Gasteiger partial charge is 0.465 e. The Kier molecular flexibility index (Phi) is 7.09. The zero-order chi connectivity index (χ0) is 21.0. The van der Waals surface area contributed by atoms with Gasteiger partial charge in [-0.05, 0) is 32.4 Å². The van der Waals surface area contributed by atoms with E-state index in [1.165, 1.54) is 35.1 Å². The topological polar surface area (TPSA) is 86.1 Å². The molecule has 0 unspecified atom stereocenters. The Morgan fingerprint density at radius 1 is 1.28 bits per heavy atom. The van der Waals surface area contributed by atoms with Crippen LogP contribution < -0.4 is 5.32 Å². The molecule has 3 rings (SSSR count). The van der Waals surface area contributed by atoms with Gasteiger partial charge in [0.1, 0.15) is 5.00 Å². The van der Waals surface area contributed by atoms with E-state index < -0.39 is 5.97 Å². The van der Waals surface area contributed by atoms with Crippen LogP contribution in [0.5, 0.6) is 0 Å². The normalized spacial score (nSPS) is 10.9. The van der Waals surface area contributed by atoms with Gasteiger partial charge in [-0.15, -0.1) is 32.9 Å². The molecular weight excluding hydrogens is 428 g/mol. The van der Waals surface area contributed by atoms with Gasteiger partial charge in [-0.3, -0.25) is 4.79 Å². The van der Waals surface area contributed by atoms with Crippen molar-refractivity contribution in [1.29, 1.82) is 0 Å². The highest BCUT2D eigenvalue weighted by atomic mass is 32.2. The first-order valence-corrected chi connectivity index (χ1v) is 11.8. The molecule has 10 heteroatoms. The number of carbonyl (C=O) groups excluding carboxylic acids is 2. The summed E-state index contributed by atoms with van der Waals surface area (Å²) in [5.74, 6) is 0.306. The molecule has 7 nitrogen and oxygen atoms in total. The summed E-state index contributed by atoms with van der Waals surface area (Å²) in [7, 11) is 1.32. The number of methoxy groups -OCH3 is 1. The van der Waals surface area contributed by atoms with E-state index in [0.717, 1.165) is 22.7 Å². The molecule has 0 aliphatic heterocycles. The minimum Gasteiger partial charge on any atom is -0.465 e. The summed E-state index contributed by atoms with van der Waals surface area (Å²) in [6.07, 6.45) is 0.989. The van der Waals surface area contributed by atoms with E-state index in [0.29, 0.717) is 22.3 Å². The van der Waals surface area contributed by atoms with Gasteiger partial charge in [-0.2, -0.15) is 0 Å². The minimum atomic E-state index is -0.463. The van der Waals surface area contributed by atoms with E-state index in [1.807, 2.05) is 18.4 Å². The van der Waals surface area contributed by atoms with Crippen molar-refractivity contribution in [2.75, 3.05) is 18.2 Å². The first-order chi connectivity index (χ1) is 14.0. The summed E-state index contributed by atoms with van der Waals surface area (Å²) in [6, 6.07) is 3.85. The fourth-order valence-electron chi connectivity index (χ4n) is 2.74. The minimum absolute atomic E-state index is 0.166. The van der Waals surface area contributed by atoms with Gasteiger partial charge in [0.15, 0.2) is 11.0 Å². The van der Waals surface area contributed by atoms with Crippen molar-refractivity contribution in [2.24, 2.45) is 0 Å². The molecule has 0 saturated carbocycles. The lowest BCUT2D eigenvalue weighted by molar-refractivity contribution is -0.113. The maximum Gasteiger partial charge on any atom is 0.340 e. The van der Waals surface area contributed by atoms with Crippen LogP contribution in [-0.4, -0.2) is 39.5 Å². The van der Waals surface area contributed by atoms with Gasteiger partial charge in [-0.1, -0.05) is 18.7 Å². The Morgan fingerprint density at radius 3 is 2.72 bits per heavy atom. The predicted molar refractivity (Wildman–Crippen MR) is 118 cm³/mol. The van der Waals surface area contributed by atoms with Crippen LogP contribution in [0.2, 0.25) is 0 Å². The molecule has 1 amide bonds. The number of hydrogen-bond acceptors (Lipinski definition) is 8. The smallest absolute Gasteiger partial charge is 0.340 e. The SMILES string of the molecule is CCc1cc(-c2nnc(SCC(=O)Nc3sc(C)cc3C(=O)OC)n2CC)cs1. The van der Waals surface area contributed by atoms with Gasteiger partial charge < -0.3 is 14.6 Å². The van der Waals surface area contributed by atoms with Crippen molar-refractivity contribution in [2.45, 2.75) is 38.9 Å². The molecule has 0 aliphatic carbocycles. The van der Waals surface area contributed by atoms with Gasteiger partial charge in [0.05, 0.1) is 18.4 Å². The van der Waals surface area contributed by atoms with Crippen molar-refractivity contribution in [1.82, 2.24) is 14.8 Å². The quantitative estimate of drug-likeness (QED) is 0.402. The number of nitrogens with zero attached hydrogens (tertiary/aromatic N) is 3. The monoisotopic (exact) mass is 450 g/mol. The summed E-state index contributed by atoms with van der Waals surface area (Å²) in [5.41, 5.74) is 1.42. The first-order valence-electron chi connectivity index (χ1n) is 9.09. The van der Waals surface area contributed by atoms with Gasteiger partial charge in [0.2, 0.25) is 5.91 Å². The number of anilines is 1.